The normalized spacial score (nSPS) is 20.0. The third kappa shape index (κ3) is 6.41. The molecule has 0 heterocycles. The first-order valence-electron chi connectivity index (χ1n) is 9.41. The number of nitrogens with zero attached hydrogens (tertiary/aromatic N) is 1. The Labute approximate surface area is 155 Å². The van der Waals surface area contributed by atoms with Gasteiger partial charge in [0, 0.05) is 31.5 Å². The second kappa shape index (κ2) is 10.3. The van der Waals surface area contributed by atoms with Crippen molar-refractivity contribution >= 4 is 11.8 Å². The highest BCUT2D eigenvalue weighted by atomic mass is 19.1. The minimum Gasteiger partial charge on any atom is -0.356 e. The molecule has 2 N–H and O–H groups in total. The quantitative estimate of drug-likeness (QED) is 0.742. The first-order valence-corrected chi connectivity index (χ1v) is 9.41. The summed E-state index contributed by atoms with van der Waals surface area (Å²) in [5.74, 6) is -0.137. The summed E-state index contributed by atoms with van der Waals surface area (Å²) in [6, 6.07) is 6.63. The van der Waals surface area contributed by atoms with Gasteiger partial charge in [0.2, 0.25) is 11.8 Å². The van der Waals surface area contributed by atoms with Crippen LogP contribution in [0.2, 0.25) is 0 Å². The van der Waals surface area contributed by atoms with E-state index < -0.39 is 0 Å². The predicted molar refractivity (Wildman–Crippen MR) is 100 cm³/mol. The van der Waals surface area contributed by atoms with Crippen molar-refractivity contribution in [1.29, 1.82) is 0 Å². The van der Waals surface area contributed by atoms with Gasteiger partial charge in [0.25, 0.3) is 0 Å². The van der Waals surface area contributed by atoms with Crippen LogP contribution in [0.25, 0.3) is 0 Å². The molecule has 1 aliphatic rings. The van der Waals surface area contributed by atoms with Gasteiger partial charge in [-0.3, -0.25) is 9.59 Å². The van der Waals surface area contributed by atoms with E-state index >= 15 is 0 Å². The van der Waals surface area contributed by atoms with Gasteiger partial charge in [0.05, 0.1) is 0 Å². The molecule has 1 aliphatic carbocycles. The number of likely N-dealkylation sites (N-methyl/N-ethyl adjacent to an activating group) is 1. The number of nitrogens with one attached hydrogen (secondary N) is 2. The Hall–Kier alpha value is -1.95. The van der Waals surface area contributed by atoms with E-state index in [4.69, 9.17) is 0 Å². The average molecular weight is 363 g/mol. The molecule has 2 amide bonds. The molecule has 1 fully saturated rings. The largest absolute Gasteiger partial charge is 0.356 e. The topological polar surface area (TPSA) is 61.4 Å². The smallest absolute Gasteiger partial charge is 0.223 e. The van der Waals surface area contributed by atoms with Gasteiger partial charge >= 0.3 is 0 Å². The van der Waals surface area contributed by atoms with Crippen LogP contribution in [0.3, 0.4) is 0 Å². The fourth-order valence-corrected chi connectivity index (χ4v) is 3.33. The summed E-state index contributed by atoms with van der Waals surface area (Å²) in [6.45, 7) is 1.92. The number of carbonyl (C=O) groups is 2. The van der Waals surface area contributed by atoms with E-state index in [9.17, 15) is 14.0 Å². The van der Waals surface area contributed by atoms with E-state index in [1.165, 1.54) is 6.07 Å². The maximum atomic E-state index is 13.6. The monoisotopic (exact) mass is 363 g/mol. The molecule has 1 aromatic carbocycles. The summed E-state index contributed by atoms with van der Waals surface area (Å²) >= 11 is 0. The van der Waals surface area contributed by atoms with Crippen molar-refractivity contribution in [2.45, 2.75) is 32.1 Å². The summed E-state index contributed by atoms with van der Waals surface area (Å²) in [5, 5.41) is 5.88. The summed E-state index contributed by atoms with van der Waals surface area (Å²) in [7, 11) is 3.95. The lowest BCUT2D eigenvalue weighted by molar-refractivity contribution is -0.130. The number of carbonyl (C=O) groups excluding carboxylic acids is 2. The highest BCUT2D eigenvalue weighted by Gasteiger charge is 2.29. The summed E-state index contributed by atoms with van der Waals surface area (Å²) in [5.41, 5.74) is 0.617. The molecule has 1 aromatic rings. The van der Waals surface area contributed by atoms with Crippen LogP contribution < -0.4 is 10.6 Å². The van der Waals surface area contributed by atoms with Gasteiger partial charge in [-0.25, -0.2) is 4.39 Å². The van der Waals surface area contributed by atoms with Crippen molar-refractivity contribution in [2.75, 3.05) is 33.7 Å². The molecule has 144 valence electrons. The molecule has 0 atom stereocenters. The standard InChI is InChI=1S/C20H30FN3O2/c1-24(2)14-13-23-20(26)17-9-7-16(8-10-17)19(25)22-12-11-15-5-3-4-6-18(15)21/h3-6,16-17H,7-14H2,1-2H3,(H,22,25)(H,23,26). The predicted octanol–water partition coefficient (Wildman–Crippen LogP) is 1.97. The van der Waals surface area contributed by atoms with Crippen molar-refractivity contribution in [1.82, 2.24) is 15.5 Å². The van der Waals surface area contributed by atoms with E-state index in [0.29, 0.717) is 25.1 Å². The maximum absolute atomic E-state index is 13.6. The molecule has 1 saturated carbocycles. The zero-order valence-electron chi connectivity index (χ0n) is 15.8. The van der Waals surface area contributed by atoms with Crippen LogP contribution in [0.4, 0.5) is 4.39 Å². The fraction of sp³-hybridized carbons (Fsp3) is 0.600. The van der Waals surface area contributed by atoms with Crippen LogP contribution in [-0.4, -0.2) is 50.4 Å². The summed E-state index contributed by atoms with van der Waals surface area (Å²) in [4.78, 5) is 26.5. The lowest BCUT2D eigenvalue weighted by Crippen LogP contribution is -2.39. The molecule has 0 spiro atoms. The molecular weight excluding hydrogens is 333 g/mol. The molecule has 2 rings (SSSR count). The lowest BCUT2D eigenvalue weighted by Gasteiger charge is -2.27. The molecule has 0 radical (unpaired) electrons. The van der Waals surface area contributed by atoms with E-state index in [1.807, 2.05) is 19.0 Å². The van der Waals surface area contributed by atoms with Crippen LogP contribution in [0.1, 0.15) is 31.2 Å². The number of rotatable bonds is 8. The van der Waals surface area contributed by atoms with Gasteiger partial charge in [-0.15, -0.1) is 0 Å². The van der Waals surface area contributed by atoms with Crippen molar-refractivity contribution in [3.05, 3.63) is 35.6 Å². The zero-order chi connectivity index (χ0) is 18.9. The molecule has 0 bridgehead atoms. The van der Waals surface area contributed by atoms with Crippen LogP contribution in [0.5, 0.6) is 0 Å². The third-order valence-electron chi connectivity index (χ3n) is 4.98. The van der Waals surface area contributed by atoms with E-state index in [0.717, 1.165) is 32.2 Å². The van der Waals surface area contributed by atoms with E-state index in [2.05, 4.69) is 10.6 Å². The SMILES string of the molecule is CN(C)CCNC(=O)C1CCC(C(=O)NCCc2ccccc2F)CC1. The van der Waals surface area contributed by atoms with Gasteiger partial charge in [0.1, 0.15) is 5.82 Å². The number of benzene rings is 1. The van der Waals surface area contributed by atoms with Crippen molar-refractivity contribution in [2.24, 2.45) is 11.8 Å². The number of amides is 2. The van der Waals surface area contributed by atoms with Crippen molar-refractivity contribution < 1.29 is 14.0 Å². The molecular formula is C20H30FN3O2. The van der Waals surface area contributed by atoms with Crippen LogP contribution in [0.15, 0.2) is 24.3 Å². The summed E-state index contributed by atoms with van der Waals surface area (Å²) in [6.07, 6.45) is 3.45. The lowest BCUT2D eigenvalue weighted by atomic mass is 9.81. The van der Waals surface area contributed by atoms with Crippen molar-refractivity contribution in [3.63, 3.8) is 0 Å². The number of halogens is 1. The molecule has 0 aromatic heterocycles. The molecule has 0 aliphatic heterocycles. The van der Waals surface area contributed by atoms with E-state index in [1.54, 1.807) is 18.2 Å². The van der Waals surface area contributed by atoms with Gasteiger partial charge in [0.15, 0.2) is 0 Å². The number of hydrogen-bond acceptors (Lipinski definition) is 3. The van der Waals surface area contributed by atoms with E-state index in [-0.39, 0.29) is 29.5 Å². The highest BCUT2D eigenvalue weighted by Crippen LogP contribution is 2.29. The van der Waals surface area contributed by atoms with Gasteiger partial charge in [-0.2, -0.15) is 0 Å². The van der Waals surface area contributed by atoms with Crippen molar-refractivity contribution in [3.8, 4) is 0 Å². The second-order valence-corrected chi connectivity index (χ2v) is 7.28. The Morgan fingerprint density at radius 3 is 2.08 bits per heavy atom. The van der Waals surface area contributed by atoms with Gasteiger partial charge < -0.3 is 15.5 Å². The molecule has 0 unspecified atom stereocenters. The average Bonchev–Trinajstić information content (AvgIpc) is 2.63. The fourth-order valence-electron chi connectivity index (χ4n) is 3.33. The maximum Gasteiger partial charge on any atom is 0.223 e. The second-order valence-electron chi connectivity index (χ2n) is 7.28. The molecule has 0 saturated heterocycles. The number of hydrogen-bond donors (Lipinski definition) is 2. The molecule has 5 nitrogen and oxygen atoms in total. The first kappa shape index (κ1) is 20.4. The van der Waals surface area contributed by atoms with Crippen LogP contribution >= 0.6 is 0 Å². The Morgan fingerprint density at radius 1 is 1.00 bits per heavy atom. The van der Waals surface area contributed by atoms with Gasteiger partial charge in [-0.1, -0.05) is 18.2 Å². The Morgan fingerprint density at radius 2 is 1.54 bits per heavy atom. The summed E-state index contributed by atoms with van der Waals surface area (Å²) < 4.78 is 13.6. The Balaban J connectivity index is 1.66. The third-order valence-corrected chi connectivity index (χ3v) is 4.98. The van der Waals surface area contributed by atoms with Crippen LogP contribution in [-0.2, 0) is 16.0 Å². The molecule has 26 heavy (non-hydrogen) atoms. The van der Waals surface area contributed by atoms with Crippen LogP contribution in [0, 0.1) is 17.7 Å². The zero-order valence-corrected chi connectivity index (χ0v) is 15.8. The van der Waals surface area contributed by atoms with Gasteiger partial charge in [-0.05, 0) is 57.8 Å². The molecule has 6 heteroatoms. The minimum atomic E-state index is -0.234. The Kier molecular flexibility index (Phi) is 8.04. The highest BCUT2D eigenvalue weighted by molar-refractivity contribution is 5.81. The first-order chi connectivity index (χ1) is 12.5. The minimum absolute atomic E-state index is 0.0135. The Bertz CT molecular complexity index is 598.